The maximum Gasteiger partial charge on any atom is 0.490 e. The molecule has 178 valence electrons. The van der Waals surface area contributed by atoms with Crippen LogP contribution in [0.1, 0.15) is 12.0 Å². The summed E-state index contributed by atoms with van der Waals surface area (Å²) in [6.07, 6.45) is 0.243. The molecule has 2 aliphatic heterocycles. The number of nitrogens with zero attached hydrogens (tertiary/aromatic N) is 3. The Morgan fingerprint density at radius 2 is 2.06 bits per heavy atom. The zero-order chi connectivity index (χ0) is 24.1. The first-order valence-electron chi connectivity index (χ1n) is 9.65. The van der Waals surface area contributed by atoms with E-state index in [1.165, 1.54) is 17.8 Å². The van der Waals surface area contributed by atoms with Crippen molar-refractivity contribution >= 4 is 22.9 Å². The summed E-state index contributed by atoms with van der Waals surface area (Å²) in [6, 6.07) is 6.73. The molecule has 3 atom stereocenters. The van der Waals surface area contributed by atoms with E-state index in [0.717, 1.165) is 5.75 Å². The molecule has 3 heterocycles. The van der Waals surface area contributed by atoms with E-state index in [1.807, 2.05) is 6.07 Å². The Balaban J connectivity index is 0.000000383. The molecule has 1 fully saturated rings. The number of halogens is 4. The minimum Gasteiger partial charge on any atom is -0.475 e. The Morgan fingerprint density at radius 3 is 2.70 bits per heavy atom. The molecule has 1 aromatic carbocycles. The number of rotatable bonds is 4. The largest absolute Gasteiger partial charge is 0.490 e. The summed E-state index contributed by atoms with van der Waals surface area (Å²) in [5, 5.41) is 7.60. The Labute approximate surface area is 190 Å². The zero-order valence-corrected chi connectivity index (χ0v) is 17.9. The fraction of sp³-hybridized carbons (Fsp3) is 0.400. The average molecular weight is 488 g/mol. The average Bonchev–Trinajstić information content (AvgIpc) is 2.78. The van der Waals surface area contributed by atoms with Crippen LogP contribution >= 0.6 is 11.8 Å². The summed E-state index contributed by atoms with van der Waals surface area (Å²) in [7, 11) is 0. The molecule has 1 saturated heterocycles. The van der Waals surface area contributed by atoms with Crippen LogP contribution in [0.3, 0.4) is 0 Å². The molecule has 1 aromatic heterocycles. The molecule has 0 amide bonds. The maximum atomic E-state index is 14.5. The summed E-state index contributed by atoms with van der Waals surface area (Å²) < 4.78 is 57.9. The number of hydrogen-bond donors (Lipinski definition) is 2. The molecule has 0 unspecified atom stereocenters. The second kappa shape index (κ2) is 10.3. The molecule has 8 nitrogen and oxygen atoms in total. The zero-order valence-electron chi connectivity index (χ0n) is 17.0. The first kappa shape index (κ1) is 24.7. The van der Waals surface area contributed by atoms with Gasteiger partial charge in [0.2, 0.25) is 5.88 Å². The molecule has 0 saturated carbocycles. The highest BCUT2D eigenvalue weighted by molar-refractivity contribution is 8.13. The van der Waals surface area contributed by atoms with Crippen molar-refractivity contribution in [2.24, 2.45) is 16.6 Å². The fourth-order valence-corrected chi connectivity index (χ4v) is 4.52. The van der Waals surface area contributed by atoms with E-state index < -0.39 is 17.7 Å². The predicted octanol–water partition coefficient (Wildman–Crippen LogP) is 2.99. The molecule has 2 aromatic rings. The van der Waals surface area contributed by atoms with Gasteiger partial charge in [-0.05, 0) is 12.5 Å². The molecule has 0 radical (unpaired) electrons. The second-order valence-corrected chi connectivity index (χ2v) is 8.23. The molecular formula is C20H20F4N4O4S. The number of aromatic nitrogens is 2. The monoisotopic (exact) mass is 488 g/mol. The highest BCUT2D eigenvalue weighted by Gasteiger charge is 2.49. The van der Waals surface area contributed by atoms with Gasteiger partial charge in [0.1, 0.15) is 18.0 Å². The highest BCUT2D eigenvalue weighted by atomic mass is 32.2. The van der Waals surface area contributed by atoms with Crippen molar-refractivity contribution in [1.29, 1.82) is 0 Å². The van der Waals surface area contributed by atoms with Crippen LogP contribution in [0.4, 0.5) is 17.6 Å². The number of thioether (sulfide) groups is 1. The number of aliphatic carboxylic acids is 1. The first-order valence-corrected chi connectivity index (χ1v) is 10.6. The van der Waals surface area contributed by atoms with Crippen molar-refractivity contribution in [3.8, 4) is 5.88 Å². The van der Waals surface area contributed by atoms with Crippen molar-refractivity contribution in [3.05, 3.63) is 54.2 Å². The van der Waals surface area contributed by atoms with E-state index in [-0.39, 0.29) is 24.4 Å². The van der Waals surface area contributed by atoms with Crippen LogP contribution in [0.15, 0.2) is 47.8 Å². The van der Waals surface area contributed by atoms with Crippen molar-refractivity contribution in [2.75, 3.05) is 19.0 Å². The molecule has 0 bridgehead atoms. The van der Waals surface area contributed by atoms with Gasteiger partial charge in [0.15, 0.2) is 5.17 Å². The van der Waals surface area contributed by atoms with Gasteiger partial charge >= 0.3 is 12.1 Å². The summed E-state index contributed by atoms with van der Waals surface area (Å²) in [6.45, 7) is 0.640. The third-order valence-electron chi connectivity index (χ3n) is 5.04. The lowest BCUT2D eigenvalue weighted by Crippen LogP contribution is -2.51. The lowest BCUT2D eigenvalue weighted by molar-refractivity contribution is -0.192. The van der Waals surface area contributed by atoms with E-state index in [4.69, 9.17) is 25.1 Å². The number of fused-ring (bicyclic) bond motifs is 1. The number of amidine groups is 1. The van der Waals surface area contributed by atoms with Gasteiger partial charge in [-0.25, -0.2) is 19.2 Å². The lowest BCUT2D eigenvalue weighted by Gasteiger charge is -2.46. The summed E-state index contributed by atoms with van der Waals surface area (Å²) in [4.78, 5) is 21.6. The van der Waals surface area contributed by atoms with Gasteiger partial charge in [-0.1, -0.05) is 30.0 Å². The Kier molecular flexibility index (Phi) is 7.74. The number of hydrogen-bond acceptors (Lipinski definition) is 8. The quantitative estimate of drug-likeness (QED) is 0.631. The van der Waals surface area contributed by atoms with Gasteiger partial charge in [-0.3, -0.25) is 4.98 Å². The number of nitrogens with two attached hydrogens (primary N) is 1. The number of carboxylic acid groups (broad SMARTS) is 1. The van der Waals surface area contributed by atoms with Gasteiger partial charge in [0.05, 0.1) is 18.9 Å². The molecule has 33 heavy (non-hydrogen) atoms. The van der Waals surface area contributed by atoms with Gasteiger partial charge in [0, 0.05) is 29.6 Å². The van der Waals surface area contributed by atoms with Crippen molar-refractivity contribution in [2.45, 2.75) is 24.2 Å². The summed E-state index contributed by atoms with van der Waals surface area (Å²) >= 11 is 1.51. The van der Waals surface area contributed by atoms with Crippen molar-refractivity contribution < 1.29 is 36.9 Å². The predicted molar refractivity (Wildman–Crippen MR) is 111 cm³/mol. The van der Waals surface area contributed by atoms with Crippen LogP contribution in [0.25, 0.3) is 0 Å². The minimum absolute atomic E-state index is 0.112. The molecule has 3 N–H and O–H groups in total. The van der Waals surface area contributed by atoms with Gasteiger partial charge in [-0.15, -0.1) is 0 Å². The Morgan fingerprint density at radius 1 is 1.33 bits per heavy atom. The number of benzene rings is 1. The van der Waals surface area contributed by atoms with E-state index in [2.05, 4.69) is 15.0 Å². The van der Waals surface area contributed by atoms with Crippen LogP contribution in [0.2, 0.25) is 0 Å². The molecular weight excluding hydrogens is 468 g/mol. The number of carboxylic acids is 1. The number of carbonyl (C=O) groups is 1. The Hall–Kier alpha value is -2.93. The maximum absolute atomic E-state index is 14.5. The summed E-state index contributed by atoms with van der Waals surface area (Å²) in [5.74, 6) is -1.69. The molecule has 0 spiro atoms. The SMILES string of the molecule is NC1=N[C@@]2(c3ccccc3F)CO[C@@H](COc3cnccn3)C[C@H]2CS1.O=C(O)C(F)(F)F. The van der Waals surface area contributed by atoms with Crippen LogP contribution < -0.4 is 10.5 Å². The van der Waals surface area contributed by atoms with Gasteiger partial charge in [-0.2, -0.15) is 13.2 Å². The van der Waals surface area contributed by atoms with Crippen molar-refractivity contribution in [1.82, 2.24) is 9.97 Å². The second-order valence-electron chi connectivity index (χ2n) is 7.19. The van der Waals surface area contributed by atoms with E-state index >= 15 is 0 Å². The van der Waals surface area contributed by atoms with Gasteiger partial charge < -0.3 is 20.3 Å². The van der Waals surface area contributed by atoms with Crippen LogP contribution in [0, 0.1) is 11.7 Å². The first-order chi connectivity index (χ1) is 15.6. The van der Waals surface area contributed by atoms with E-state index in [9.17, 15) is 17.6 Å². The number of alkyl halides is 3. The number of aliphatic imine (C=N–C) groups is 1. The third-order valence-corrected chi connectivity index (χ3v) is 6.00. The topological polar surface area (TPSA) is 120 Å². The van der Waals surface area contributed by atoms with Gasteiger partial charge in [0.25, 0.3) is 0 Å². The normalized spacial score (nSPS) is 24.5. The molecule has 2 aliphatic rings. The standard InChI is InChI=1S/C18H19FN4O2S.C2HF3O2/c19-15-4-2-1-3-14(15)18-11-25-13(7-12(18)10-26-17(20)23-18)9-24-16-8-21-5-6-22-16;3-2(4,5)1(6)7/h1-6,8,12-13H,7,9-11H2,(H2,20,23);(H,6,7)/t12-,13+,18-;/m0./s1. The van der Waals surface area contributed by atoms with Crippen molar-refractivity contribution in [3.63, 3.8) is 0 Å². The van der Waals surface area contributed by atoms with E-state index in [0.29, 0.717) is 29.6 Å². The third kappa shape index (κ3) is 6.11. The smallest absolute Gasteiger partial charge is 0.475 e. The van der Waals surface area contributed by atoms with Crippen LogP contribution in [0.5, 0.6) is 5.88 Å². The fourth-order valence-electron chi connectivity index (χ4n) is 3.51. The summed E-state index contributed by atoms with van der Waals surface area (Å²) in [5.41, 5.74) is 5.75. The minimum atomic E-state index is -5.08. The van der Waals surface area contributed by atoms with E-state index in [1.54, 1.807) is 30.7 Å². The molecule has 0 aliphatic carbocycles. The molecule has 4 rings (SSSR count). The highest BCUT2D eigenvalue weighted by Crippen LogP contribution is 2.46. The number of ether oxygens (including phenoxy) is 2. The Bertz CT molecular complexity index is 996. The lowest BCUT2D eigenvalue weighted by atomic mass is 9.75. The molecule has 13 heteroatoms. The van der Waals surface area contributed by atoms with Crippen LogP contribution in [-0.2, 0) is 15.1 Å². The van der Waals surface area contributed by atoms with Crippen LogP contribution in [-0.4, -0.2) is 57.5 Å².